The van der Waals surface area contributed by atoms with E-state index in [2.05, 4.69) is 0 Å². The zero-order valence-electron chi connectivity index (χ0n) is 11.7. The normalized spacial score (nSPS) is 14.2. The second-order valence-corrected chi connectivity index (χ2v) is 9.34. The summed E-state index contributed by atoms with van der Waals surface area (Å²) in [6.45, 7) is -0.603. The van der Waals surface area contributed by atoms with Crippen LogP contribution in [0.2, 0.25) is 5.02 Å². The predicted octanol–water partition coefficient (Wildman–Crippen LogP) is -0.960. The second kappa shape index (κ2) is 8.36. The first-order chi connectivity index (χ1) is 8.59. The number of aryl methyl sites for hydroxylation is 1. The molecule has 0 N–H and O–H groups in total. The van der Waals surface area contributed by atoms with Crippen molar-refractivity contribution in [3.63, 3.8) is 0 Å². The molecule has 20 heavy (non-hydrogen) atoms. The topological polar surface area (TPSA) is 69.7 Å². The molecule has 0 fully saturated rings. The fourth-order valence-corrected chi connectivity index (χ4v) is 6.51. The van der Waals surface area contributed by atoms with E-state index in [-0.39, 0.29) is 63.7 Å². The van der Waals surface area contributed by atoms with Crippen LogP contribution in [0.25, 0.3) is 0 Å². The number of rotatable bonds is 5. The zero-order chi connectivity index (χ0) is 14.8. The first-order valence-corrected chi connectivity index (χ1v) is 10.1. The van der Waals surface area contributed by atoms with Crippen molar-refractivity contribution in [3.8, 4) is 0 Å². The minimum absolute atomic E-state index is 0. The van der Waals surface area contributed by atoms with Crippen molar-refractivity contribution in [2.75, 3.05) is 16.9 Å². The van der Waals surface area contributed by atoms with Crippen molar-refractivity contribution in [2.45, 2.75) is 13.8 Å². The maximum atomic E-state index is 12.3. The maximum Gasteiger partial charge on any atom is 1.00 e. The Balaban J connectivity index is 0.00000361. The van der Waals surface area contributed by atoms with Crippen LogP contribution in [-0.2, 0) is 26.4 Å². The molecule has 1 aromatic rings. The van der Waals surface area contributed by atoms with E-state index in [0.29, 0.717) is 14.7 Å². The predicted molar refractivity (Wildman–Crippen MR) is 79.4 cm³/mol. The molecule has 1 aromatic carbocycles. The van der Waals surface area contributed by atoms with Crippen LogP contribution in [0.5, 0.6) is 0 Å². The van der Waals surface area contributed by atoms with E-state index in [9.17, 15) is 13.3 Å². The zero-order valence-corrected chi connectivity index (χ0v) is 18.1. The summed E-state index contributed by atoms with van der Waals surface area (Å²) in [6, 6.07) is 4.52. The number of hydrogen-bond acceptors (Lipinski definition) is 5. The summed E-state index contributed by atoms with van der Waals surface area (Å²) in [6.07, 6.45) is 0.930. The Morgan fingerprint density at radius 3 is 2.45 bits per heavy atom. The standard InChI is InChI=1S/C10H15ClNO4PS2.K/c1-4-16-17(13,18)12(19(3,14)15)10-6-5-9(11)7-8(10)2;/h5-7H,4H2,1-3H3,(H,13,18);/q;+1/p-1. The Hall–Kier alpha value is 1.47. The molecule has 0 bridgehead atoms. The Morgan fingerprint density at radius 1 is 1.50 bits per heavy atom. The van der Waals surface area contributed by atoms with Gasteiger partial charge < -0.3 is 9.42 Å². The monoisotopic (exact) mass is 381 g/mol. The van der Waals surface area contributed by atoms with Gasteiger partial charge >= 0.3 is 51.4 Å². The molecule has 0 aliphatic rings. The molecular weight excluding hydrogens is 368 g/mol. The molecule has 1 rings (SSSR count). The van der Waals surface area contributed by atoms with E-state index in [1.54, 1.807) is 19.9 Å². The summed E-state index contributed by atoms with van der Waals surface area (Å²) in [5.74, 6) is 0. The van der Waals surface area contributed by atoms with Crippen LogP contribution >= 0.6 is 18.2 Å². The van der Waals surface area contributed by atoms with Gasteiger partial charge in [-0.05, 0) is 37.6 Å². The minimum Gasteiger partial charge on any atom is -0.784 e. The Bertz CT molecular complexity index is 626. The minimum atomic E-state index is -3.90. The second-order valence-electron chi connectivity index (χ2n) is 3.82. The Morgan fingerprint density at radius 2 is 2.05 bits per heavy atom. The summed E-state index contributed by atoms with van der Waals surface area (Å²) in [5, 5.41) is 0.449. The number of halogens is 1. The van der Waals surface area contributed by atoms with Crippen LogP contribution in [0.15, 0.2) is 18.2 Å². The fourth-order valence-electron chi connectivity index (χ4n) is 1.54. The van der Waals surface area contributed by atoms with Gasteiger partial charge in [0.15, 0.2) is 0 Å². The molecule has 0 saturated heterocycles. The first-order valence-electron chi connectivity index (χ1n) is 5.32. The molecular formula is C10H14ClKNO4PS2. The van der Waals surface area contributed by atoms with Gasteiger partial charge in [0.25, 0.3) is 0 Å². The molecule has 0 aliphatic carbocycles. The SMILES string of the molecule is CCOP([O-])(=S)N(c1ccc(Cl)cc1C)S(C)(=O)=O.[K+]. The quantitative estimate of drug-likeness (QED) is 0.485. The molecule has 0 spiro atoms. The van der Waals surface area contributed by atoms with Crippen molar-refractivity contribution in [1.82, 2.24) is 0 Å². The molecule has 0 radical (unpaired) electrons. The third kappa shape index (κ3) is 5.59. The first kappa shape index (κ1) is 21.5. The molecule has 10 heteroatoms. The smallest absolute Gasteiger partial charge is 0.784 e. The van der Waals surface area contributed by atoms with Crippen molar-refractivity contribution in [1.29, 1.82) is 0 Å². The number of benzene rings is 1. The average Bonchev–Trinajstić information content (AvgIpc) is 2.19. The number of hydrogen-bond donors (Lipinski definition) is 0. The maximum absolute atomic E-state index is 12.3. The Kier molecular flexibility index (Phi) is 8.97. The van der Waals surface area contributed by atoms with Crippen LogP contribution in [0.4, 0.5) is 5.69 Å². The fraction of sp³-hybridized carbons (Fsp3) is 0.400. The molecule has 0 aromatic heterocycles. The van der Waals surface area contributed by atoms with Crippen molar-refractivity contribution >= 4 is 45.8 Å². The van der Waals surface area contributed by atoms with Gasteiger partial charge in [-0.2, -0.15) is 0 Å². The third-order valence-corrected chi connectivity index (χ3v) is 7.15. The van der Waals surface area contributed by atoms with Crippen LogP contribution in [0.1, 0.15) is 12.5 Å². The van der Waals surface area contributed by atoms with E-state index >= 15 is 0 Å². The van der Waals surface area contributed by atoms with E-state index in [0.717, 1.165) is 6.26 Å². The molecule has 5 nitrogen and oxygen atoms in total. The van der Waals surface area contributed by atoms with Crippen LogP contribution in [-0.4, -0.2) is 21.3 Å². The number of nitrogens with zero attached hydrogens (tertiary/aromatic N) is 1. The summed E-state index contributed by atoms with van der Waals surface area (Å²) < 4.78 is 29.3. The third-order valence-electron chi connectivity index (χ3n) is 2.19. The summed E-state index contributed by atoms with van der Waals surface area (Å²) in [5.41, 5.74) is 0.751. The van der Waals surface area contributed by atoms with Gasteiger partial charge in [-0.25, -0.2) is 12.5 Å². The van der Waals surface area contributed by atoms with E-state index in [1.165, 1.54) is 12.1 Å². The van der Waals surface area contributed by atoms with Crippen molar-refractivity contribution in [3.05, 3.63) is 28.8 Å². The summed E-state index contributed by atoms with van der Waals surface area (Å²) >= 11 is 10.7. The van der Waals surface area contributed by atoms with Crippen LogP contribution < -0.4 is 60.4 Å². The van der Waals surface area contributed by atoms with Crippen molar-refractivity contribution < 1.29 is 69.2 Å². The van der Waals surface area contributed by atoms with Gasteiger partial charge in [-0.3, -0.25) is 0 Å². The van der Waals surface area contributed by atoms with Crippen LogP contribution in [0.3, 0.4) is 0 Å². The van der Waals surface area contributed by atoms with Gasteiger partial charge in [0.05, 0.1) is 18.6 Å². The summed E-state index contributed by atoms with van der Waals surface area (Å²) in [7, 11) is -3.84. The van der Waals surface area contributed by atoms with Gasteiger partial charge in [0.2, 0.25) is 10.0 Å². The molecule has 108 valence electrons. The molecule has 0 amide bonds. The number of anilines is 1. The van der Waals surface area contributed by atoms with Gasteiger partial charge in [0, 0.05) is 11.6 Å². The Labute approximate surface area is 172 Å². The number of sulfonamides is 1. The van der Waals surface area contributed by atoms with E-state index < -0.39 is 16.7 Å². The van der Waals surface area contributed by atoms with Crippen molar-refractivity contribution in [2.24, 2.45) is 0 Å². The van der Waals surface area contributed by atoms with Gasteiger partial charge in [-0.15, -0.1) is 0 Å². The molecule has 0 heterocycles. The largest absolute Gasteiger partial charge is 1.00 e. The van der Waals surface area contributed by atoms with Crippen LogP contribution in [0, 0.1) is 6.92 Å². The van der Waals surface area contributed by atoms with E-state index in [4.69, 9.17) is 27.9 Å². The van der Waals surface area contributed by atoms with Gasteiger partial charge in [-0.1, -0.05) is 23.4 Å². The molecule has 1 unspecified atom stereocenters. The molecule has 0 aliphatic heterocycles. The summed E-state index contributed by atoms with van der Waals surface area (Å²) in [4.78, 5) is 12.3. The molecule has 1 atom stereocenters. The van der Waals surface area contributed by atoms with E-state index in [1.807, 2.05) is 0 Å². The molecule has 0 saturated carbocycles. The van der Waals surface area contributed by atoms with Gasteiger partial charge in [0.1, 0.15) is 0 Å². The average molecular weight is 382 g/mol.